The molecule has 3 rings (SSSR count). The SMILES string of the molecule is COc1ccc(C(=O)CCCCN2CCN(c3ccccc3)CC2)cc1NC(N)=S. The third-order valence-electron chi connectivity index (χ3n) is 5.40. The van der Waals surface area contributed by atoms with Crippen molar-refractivity contribution in [2.24, 2.45) is 5.73 Å². The smallest absolute Gasteiger partial charge is 0.168 e. The first kappa shape index (κ1) is 22.1. The van der Waals surface area contributed by atoms with Gasteiger partial charge in [-0.25, -0.2) is 0 Å². The second kappa shape index (κ2) is 10.9. The summed E-state index contributed by atoms with van der Waals surface area (Å²) in [5.74, 6) is 0.728. The molecule has 2 aromatic carbocycles. The molecular weight excluding hydrogens is 396 g/mol. The molecule has 1 heterocycles. The first-order valence-electron chi connectivity index (χ1n) is 10.4. The van der Waals surface area contributed by atoms with Crippen LogP contribution in [0.25, 0.3) is 0 Å². The first-order valence-corrected chi connectivity index (χ1v) is 10.8. The van der Waals surface area contributed by atoms with Crippen LogP contribution < -0.4 is 20.7 Å². The number of thiocarbonyl (C=S) groups is 1. The number of nitrogens with zero attached hydrogens (tertiary/aromatic N) is 2. The highest BCUT2D eigenvalue weighted by molar-refractivity contribution is 7.80. The maximum atomic E-state index is 12.6. The van der Waals surface area contributed by atoms with E-state index in [2.05, 4.69) is 45.4 Å². The van der Waals surface area contributed by atoms with Gasteiger partial charge in [-0.05, 0) is 61.9 Å². The van der Waals surface area contributed by atoms with E-state index in [-0.39, 0.29) is 10.9 Å². The number of ketones is 1. The topological polar surface area (TPSA) is 70.8 Å². The van der Waals surface area contributed by atoms with E-state index in [0.717, 1.165) is 45.6 Å². The monoisotopic (exact) mass is 426 g/mol. The minimum absolute atomic E-state index is 0.123. The Kier molecular flexibility index (Phi) is 8.04. The Morgan fingerprint density at radius 1 is 1.10 bits per heavy atom. The Balaban J connectivity index is 1.40. The van der Waals surface area contributed by atoms with Crippen molar-refractivity contribution < 1.29 is 9.53 Å². The van der Waals surface area contributed by atoms with Crippen molar-refractivity contribution in [2.45, 2.75) is 19.3 Å². The highest BCUT2D eigenvalue weighted by Gasteiger charge is 2.17. The van der Waals surface area contributed by atoms with Crippen LogP contribution in [0.5, 0.6) is 5.75 Å². The summed E-state index contributed by atoms with van der Waals surface area (Å²) in [7, 11) is 1.57. The van der Waals surface area contributed by atoms with Crippen LogP contribution in [-0.2, 0) is 0 Å². The lowest BCUT2D eigenvalue weighted by atomic mass is 10.0. The standard InChI is InChI=1S/C23H30N4O2S/c1-29-22-11-10-18(17-20(22)25-23(24)30)21(28)9-5-6-12-26-13-15-27(16-14-26)19-7-3-2-4-8-19/h2-4,7-8,10-11,17H,5-6,9,12-16H2,1H3,(H3,24,25,30). The molecule has 3 N–H and O–H groups in total. The highest BCUT2D eigenvalue weighted by atomic mass is 32.1. The predicted molar refractivity (Wildman–Crippen MR) is 127 cm³/mol. The second-order valence-corrected chi connectivity index (χ2v) is 7.89. The maximum absolute atomic E-state index is 12.6. The number of rotatable bonds is 9. The van der Waals surface area contributed by atoms with E-state index in [9.17, 15) is 4.79 Å². The summed E-state index contributed by atoms with van der Waals surface area (Å²) in [6.45, 7) is 5.26. The number of carbonyl (C=O) groups excluding carboxylic acids is 1. The Morgan fingerprint density at radius 3 is 2.50 bits per heavy atom. The zero-order chi connectivity index (χ0) is 21.3. The number of unbranched alkanes of at least 4 members (excludes halogenated alkanes) is 1. The fourth-order valence-electron chi connectivity index (χ4n) is 3.75. The molecule has 0 bridgehead atoms. The minimum Gasteiger partial charge on any atom is -0.495 e. The van der Waals surface area contributed by atoms with Gasteiger partial charge in [0.1, 0.15) is 5.75 Å². The number of para-hydroxylation sites is 1. The number of piperazine rings is 1. The molecule has 0 radical (unpaired) electrons. The molecule has 6 nitrogen and oxygen atoms in total. The van der Waals surface area contributed by atoms with Crippen molar-refractivity contribution in [2.75, 3.05) is 50.1 Å². The van der Waals surface area contributed by atoms with E-state index >= 15 is 0 Å². The van der Waals surface area contributed by atoms with E-state index in [1.165, 1.54) is 5.69 Å². The van der Waals surface area contributed by atoms with Gasteiger partial charge in [0.05, 0.1) is 12.8 Å². The van der Waals surface area contributed by atoms with Gasteiger partial charge in [-0.15, -0.1) is 0 Å². The van der Waals surface area contributed by atoms with E-state index in [4.69, 9.17) is 22.7 Å². The van der Waals surface area contributed by atoms with Crippen LogP contribution in [0.4, 0.5) is 11.4 Å². The molecule has 0 unspecified atom stereocenters. The highest BCUT2D eigenvalue weighted by Crippen LogP contribution is 2.26. The van der Waals surface area contributed by atoms with Crippen molar-refractivity contribution in [3.63, 3.8) is 0 Å². The maximum Gasteiger partial charge on any atom is 0.168 e. The summed E-state index contributed by atoms with van der Waals surface area (Å²) in [4.78, 5) is 17.5. The van der Waals surface area contributed by atoms with E-state index in [0.29, 0.717) is 23.4 Å². The number of carbonyl (C=O) groups is 1. The van der Waals surface area contributed by atoms with Crippen LogP contribution in [0.1, 0.15) is 29.6 Å². The van der Waals surface area contributed by atoms with Crippen molar-refractivity contribution in [3.8, 4) is 5.75 Å². The molecule has 0 aromatic heterocycles. The van der Waals surface area contributed by atoms with Crippen LogP contribution in [-0.4, -0.2) is 55.6 Å². The van der Waals surface area contributed by atoms with Gasteiger partial charge in [-0.2, -0.15) is 0 Å². The molecule has 30 heavy (non-hydrogen) atoms. The molecule has 0 spiro atoms. The third-order valence-corrected chi connectivity index (χ3v) is 5.50. The molecule has 1 aliphatic heterocycles. The Labute approximate surface area is 184 Å². The molecule has 2 aromatic rings. The number of nitrogens with two attached hydrogens (primary N) is 1. The molecule has 1 aliphatic rings. The number of benzene rings is 2. The Hall–Kier alpha value is -2.64. The van der Waals surface area contributed by atoms with Crippen molar-refractivity contribution in [3.05, 3.63) is 54.1 Å². The van der Waals surface area contributed by atoms with Gasteiger partial charge in [0.2, 0.25) is 0 Å². The third kappa shape index (κ3) is 6.18. The lowest BCUT2D eigenvalue weighted by molar-refractivity contribution is 0.0977. The van der Waals surface area contributed by atoms with E-state index in [1.54, 1.807) is 25.3 Å². The number of nitrogens with one attached hydrogen (secondary N) is 1. The summed E-state index contributed by atoms with van der Waals surface area (Å²) >= 11 is 4.90. The van der Waals surface area contributed by atoms with Crippen LogP contribution in [0.2, 0.25) is 0 Å². The summed E-state index contributed by atoms with van der Waals surface area (Å²) < 4.78 is 5.28. The van der Waals surface area contributed by atoms with E-state index < -0.39 is 0 Å². The molecule has 0 saturated carbocycles. The number of methoxy groups -OCH3 is 1. The van der Waals surface area contributed by atoms with E-state index in [1.807, 2.05) is 0 Å². The number of hydrogen-bond acceptors (Lipinski definition) is 5. The minimum atomic E-state index is 0.123. The van der Waals surface area contributed by atoms with Crippen LogP contribution in [0.15, 0.2) is 48.5 Å². The largest absolute Gasteiger partial charge is 0.495 e. The number of hydrogen-bond donors (Lipinski definition) is 2. The molecule has 1 saturated heterocycles. The molecule has 7 heteroatoms. The fraction of sp³-hybridized carbons (Fsp3) is 0.391. The van der Waals surface area contributed by atoms with Crippen molar-refractivity contribution in [1.29, 1.82) is 0 Å². The molecule has 0 amide bonds. The second-order valence-electron chi connectivity index (χ2n) is 7.45. The fourth-order valence-corrected chi connectivity index (χ4v) is 3.86. The van der Waals surface area contributed by atoms with Gasteiger partial charge in [0, 0.05) is 43.9 Å². The predicted octanol–water partition coefficient (Wildman–Crippen LogP) is 3.53. The lowest BCUT2D eigenvalue weighted by Gasteiger charge is -2.36. The average molecular weight is 427 g/mol. The van der Waals surface area contributed by atoms with Gasteiger partial charge in [-0.3, -0.25) is 9.69 Å². The zero-order valence-corrected chi connectivity index (χ0v) is 18.3. The van der Waals surface area contributed by atoms with Crippen molar-refractivity contribution in [1.82, 2.24) is 4.90 Å². The quantitative estimate of drug-likeness (QED) is 0.361. The molecule has 0 atom stereocenters. The van der Waals surface area contributed by atoms with Crippen LogP contribution >= 0.6 is 12.2 Å². The van der Waals surface area contributed by atoms with Gasteiger partial charge in [0.15, 0.2) is 10.9 Å². The summed E-state index contributed by atoms with van der Waals surface area (Å²) in [5, 5.41) is 3.01. The van der Waals surface area contributed by atoms with Gasteiger partial charge in [-0.1, -0.05) is 18.2 Å². The molecule has 160 valence electrons. The molecule has 1 fully saturated rings. The number of Topliss-reactive ketones (excluding diaryl/α,β-unsaturated/α-hetero) is 1. The summed E-state index contributed by atoms with van der Waals surface area (Å²) in [5.41, 5.74) is 8.12. The number of anilines is 2. The van der Waals surface area contributed by atoms with Crippen LogP contribution in [0, 0.1) is 0 Å². The Bertz CT molecular complexity index is 852. The lowest BCUT2D eigenvalue weighted by Crippen LogP contribution is -2.46. The molecule has 0 aliphatic carbocycles. The average Bonchev–Trinajstić information content (AvgIpc) is 2.77. The zero-order valence-electron chi connectivity index (χ0n) is 17.5. The van der Waals surface area contributed by atoms with Gasteiger partial charge in [0.25, 0.3) is 0 Å². The van der Waals surface area contributed by atoms with Gasteiger partial charge < -0.3 is 20.7 Å². The normalized spacial score (nSPS) is 14.4. The van der Waals surface area contributed by atoms with Crippen molar-refractivity contribution >= 4 is 34.5 Å². The first-order chi connectivity index (χ1) is 14.6. The Morgan fingerprint density at radius 2 is 1.83 bits per heavy atom. The summed E-state index contributed by atoms with van der Waals surface area (Å²) in [6.07, 6.45) is 2.43. The summed E-state index contributed by atoms with van der Waals surface area (Å²) in [6, 6.07) is 15.9. The van der Waals surface area contributed by atoms with Gasteiger partial charge >= 0.3 is 0 Å². The van der Waals surface area contributed by atoms with Crippen LogP contribution in [0.3, 0.4) is 0 Å². The molecular formula is C23H30N4O2S. The number of ether oxygens (including phenoxy) is 1.